The van der Waals surface area contributed by atoms with Crippen LogP contribution in [0, 0.1) is 0 Å². The first-order chi connectivity index (χ1) is 14.2. The number of aryl methyl sites for hydroxylation is 2. The number of benzene rings is 2. The molecule has 0 bridgehead atoms. The number of ketones is 1. The quantitative estimate of drug-likeness (QED) is 0.522. The lowest BCUT2D eigenvalue weighted by atomic mass is 10.1. The molecule has 5 heteroatoms. The maximum atomic E-state index is 11.5. The average molecular weight is 389 g/mol. The van der Waals surface area contributed by atoms with E-state index in [1.54, 1.807) is 12.1 Å². The second-order valence-corrected chi connectivity index (χ2v) is 7.72. The zero-order valence-corrected chi connectivity index (χ0v) is 16.5. The van der Waals surface area contributed by atoms with Gasteiger partial charge in [-0.25, -0.2) is 4.98 Å². The molecule has 1 fully saturated rings. The fraction of sp³-hybridized carbons (Fsp3) is 0.333. The van der Waals surface area contributed by atoms with Crippen LogP contribution in [0.15, 0.2) is 67.1 Å². The molecule has 0 amide bonds. The van der Waals surface area contributed by atoms with Gasteiger partial charge in [0, 0.05) is 36.8 Å². The summed E-state index contributed by atoms with van der Waals surface area (Å²) in [5.41, 5.74) is 4.26. The van der Waals surface area contributed by atoms with Gasteiger partial charge in [-0.2, -0.15) is 0 Å². The largest absolute Gasteiger partial charge is 0.388 e. The van der Waals surface area contributed by atoms with Crippen LogP contribution in [0.25, 0.3) is 0 Å². The maximum absolute atomic E-state index is 11.5. The van der Waals surface area contributed by atoms with Crippen molar-refractivity contribution in [2.24, 2.45) is 0 Å². The van der Waals surface area contributed by atoms with Crippen molar-refractivity contribution in [1.82, 2.24) is 14.9 Å². The molecular formula is C24H27N3O2. The minimum atomic E-state index is -0.440. The van der Waals surface area contributed by atoms with Crippen LogP contribution in [-0.4, -0.2) is 33.1 Å². The first kappa shape index (κ1) is 19.6. The first-order valence-electron chi connectivity index (χ1n) is 10.2. The average Bonchev–Trinajstić information content (AvgIpc) is 3.42. The normalized spacial score (nSPS) is 18.0. The molecule has 0 radical (unpaired) electrons. The molecule has 29 heavy (non-hydrogen) atoms. The van der Waals surface area contributed by atoms with E-state index in [1.165, 1.54) is 17.5 Å². The van der Waals surface area contributed by atoms with E-state index in [0.29, 0.717) is 17.5 Å². The molecule has 2 N–H and O–H groups in total. The number of carbonyl (C=O) groups excluding carboxylic acids is 1. The van der Waals surface area contributed by atoms with Gasteiger partial charge in [0.15, 0.2) is 5.78 Å². The van der Waals surface area contributed by atoms with Gasteiger partial charge in [0.25, 0.3) is 0 Å². The highest BCUT2D eigenvalue weighted by Gasteiger charge is 2.37. The molecule has 0 aliphatic heterocycles. The van der Waals surface area contributed by atoms with Gasteiger partial charge in [-0.05, 0) is 30.4 Å². The predicted octanol–water partition coefficient (Wildman–Crippen LogP) is 3.34. The fourth-order valence-electron chi connectivity index (χ4n) is 3.76. The number of hydrogen-bond acceptors (Lipinski definition) is 4. The van der Waals surface area contributed by atoms with E-state index in [0.717, 1.165) is 31.6 Å². The third-order valence-corrected chi connectivity index (χ3v) is 5.55. The molecule has 3 aromatic rings. The highest BCUT2D eigenvalue weighted by molar-refractivity contribution is 5.96. The molecule has 4 rings (SSSR count). The molecule has 1 aliphatic carbocycles. The monoisotopic (exact) mass is 389 g/mol. The van der Waals surface area contributed by atoms with Crippen LogP contribution in [0.5, 0.6) is 0 Å². The van der Waals surface area contributed by atoms with Crippen molar-refractivity contribution in [2.75, 3.05) is 6.61 Å². The van der Waals surface area contributed by atoms with E-state index in [9.17, 15) is 4.79 Å². The maximum Gasteiger partial charge on any atom is 0.188 e. The molecule has 1 aliphatic rings. The van der Waals surface area contributed by atoms with E-state index in [2.05, 4.69) is 51.4 Å². The second kappa shape index (κ2) is 9.16. The van der Waals surface area contributed by atoms with Gasteiger partial charge in [-0.15, -0.1) is 0 Å². The summed E-state index contributed by atoms with van der Waals surface area (Å²) >= 11 is 0. The topological polar surface area (TPSA) is 67.1 Å². The molecule has 150 valence electrons. The first-order valence-corrected chi connectivity index (χ1v) is 10.2. The molecule has 0 saturated heterocycles. The van der Waals surface area contributed by atoms with Crippen LogP contribution >= 0.6 is 0 Å². The zero-order chi connectivity index (χ0) is 20.1. The van der Waals surface area contributed by atoms with Gasteiger partial charge >= 0.3 is 0 Å². The van der Waals surface area contributed by atoms with Gasteiger partial charge in [-0.3, -0.25) is 4.79 Å². The Balaban J connectivity index is 1.18. The Morgan fingerprint density at radius 2 is 1.93 bits per heavy atom. The molecule has 2 aromatic carbocycles. The fourth-order valence-corrected chi connectivity index (χ4v) is 3.76. The number of hydrogen-bond donors (Lipinski definition) is 2. The van der Waals surface area contributed by atoms with Crippen molar-refractivity contribution in [2.45, 2.75) is 44.3 Å². The number of imidazole rings is 1. The lowest BCUT2D eigenvalue weighted by molar-refractivity contribution is 0.0903. The summed E-state index contributed by atoms with van der Waals surface area (Å²) < 4.78 is 2.14. The van der Waals surface area contributed by atoms with Gasteiger partial charge < -0.3 is 15.0 Å². The van der Waals surface area contributed by atoms with Gasteiger partial charge in [0.2, 0.25) is 0 Å². The van der Waals surface area contributed by atoms with E-state index >= 15 is 0 Å². The molecule has 1 saturated carbocycles. The zero-order valence-electron chi connectivity index (χ0n) is 16.5. The van der Waals surface area contributed by atoms with Crippen molar-refractivity contribution in [3.8, 4) is 0 Å². The summed E-state index contributed by atoms with van der Waals surface area (Å²) in [4.78, 5) is 16.0. The lowest BCUT2D eigenvalue weighted by Gasteiger charge is -2.04. The lowest BCUT2D eigenvalue weighted by Crippen LogP contribution is -2.17. The van der Waals surface area contributed by atoms with Crippen LogP contribution in [0.4, 0.5) is 0 Å². The summed E-state index contributed by atoms with van der Waals surface area (Å²) in [5.74, 6) is 0.398. The molecule has 5 nitrogen and oxygen atoms in total. The molecule has 1 aromatic heterocycles. The number of aliphatic hydroxyl groups excluding tert-OH is 1. The van der Waals surface area contributed by atoms with Gasteiger partial charge in [0.1, 0.15) is 6.61 Å². The van der Waals surface area contributed by atoms with Gasteiger partial charge in [-0.1, -0.05) is 54.6 Å². The number of rotatable bonds is 10. The highest BCUT2D eigenvalue weighted by Crippen LogP contribution is 2.40. The Labute approximate surface area is 171 Å². The minimum Gasteiger partial charge on any atom is -0.388 e. The van der Waals surface area contributed by atoms with Crippen molar-refractivity contribution < 1.29 is 9.90 Å². The molecule has 1 heterocycles. The summed E-state index contributed by atoms with van der Waals surface area (Å²) in [6.07, 6.45) is 7.18. The van der Waals surface area contributed by atoms with Crippen molar-refractivity contribution >= 4 is 5.78 Å². The second-order valence-electron chi connectivity index (χ2n) is 7.72. The standard InChI is InChI=1S/C24H27N3O2/c28-16-24(29)20-10-8-18(9-11-20)5-4-12-27-15-21(26-17-27)14-25-23-13-22(23)19-6-2-1-3-7-19/h1-3,6-11,15,17,22-23,25,28H,4-5,12-14,16H2. The number of carbonyl (C=O) groups is 1. The third-order valence-electron chi connectivity index (χ3n) is 5.55. The number of aromatic nitrogens is 2. The Morgan fingerprint density at radius 3 is 2.69 bits per heavy atom. The van der Waals surface area contributed by atoms with Crippen LogP contribution in [0.1, 0.15) is 45.9 Å². The molecule has 2 unspecified atom stereocenters. The minimum absolute atomic E-state index is 0.239. The van der Waals surface area contributed by atoms with E-state index < -0.39 is 6.61 Å². The number of Topliss-reactive ketones (excluding diaryl/α,β-unsaturated/α-hetero) is 1. The molecule has 0 spiro atoms. The van der Waals surface area contributed by atoms with Crippen molar-refractivity contribution in [3.63, 3.8) is 0 Å². The molecular weight excluding hydrogens is 362 g/mol. The Morgan fingerprint density at radius 1 is 1.14 bits per heavy atom. The van der Waals surface area contributed by atoms with Crippen LogP contribution in [-0.2, 0) is 19.5 Å². The summed E-state index contributed by atoms with van der Waals surface area (Å²) in [6.45, 7) is 1.28. The number of nitrogens with one attached hydrogen (secondary N) is 1. The van der Waals surface area contributed by atoms with E-state index in [-0.39, 0.29) is 5.78 Å². The van der Waals surface area contributed by atoms with Crippen molar-refractivity contribution in [3.05, 3.63) is 89.5 Å². The molecule has 2 atom stereocenters. The smallest absolute Gasteiger partial charge is 0.188 e. The van der Waals surface area contributed by atoms with Crippen LogP contribution < -0.4 is 5.32 Å². The number of aliphatic hydroxyl groups is 1. The van der Waals surface area contributed by atoms with Crippen LogP contribution in [0.2, 0.25) is 0 Å². The third kappa shape index (κ3) is 5.19. The number of nitrogens with zero attached hydrogens (tertiary/aromatic N) is 2. The Bertz CT molecular complexity index is 934. The predicted molar refractivity (Wildman–Crippen MR) is 113 cm³/mol. The van der Waals surface area contributed by atoms with E-state index in [1.807, 2.05) is 18.5 Å². The van der Waals surface area contributed by atoms with Crippen molar-refractivity contribution in [1.29, 1.82) is 0 Å². The van der Waals surface area contributed by atoms with Crippen LogP contribution in [0.3, 0.4) is 0 Å². The highest BCUT2D eigenvalue weighted by atomic mass is 16.3. The Hall–Kier alpha value is -2.76. The summed E-state index contributed by atoms with van der Waals surface area (Å²) in [6, 6.07) is 18.8. The summed E-state index contributed by atoms with van der Waals surface area (Å²) in [5, 5.41) is 12.5. The van der Waals surface area contributed by atoms with Gasteiger partial charge in [0.05, 0.1) is 12.0 Å². The SMILES string of the molecule is O=C(CO)c1ccc(CCCn2cnc(CNC3CC3c3ccccc3)c2)cc1. The summed E-state index contributed by atoms with van der Waals surface area (Å²) in [7, 11) is 0. The Kier molecular flexibility index (Phi) is 6.17. The van der Waals surface area contributed by atoms with E-state index in [4.69, 9.17) is 5.11 Å².